The smallest absolute Gasteiger partial charge is 0.240 e. The minimum Gasteiger partial charge on any atom is -0.392 e. The van der Waals surface area contributed by atoms with Crippen molar-refractivity contribution >= 4 is 10.0 Å². The summed E-state index contributed by atoms with van der Waals surface area (Å²) in [5, 5.41) is 9.24. The van der Waals surface area contributed by atoms with Crippen LogP contribution < -0.4 is 4.72 Å². The summed E-state index contributed by atoms with van der Waals surface area (Å²) >= 11 is 0. The van der Waals surface area contributed by atoms with Gasteiger partial charge in [0.25, 0.3) is 0 Å². The normalized spacial score (nSPS) is 12.6. The molecule has 0 saturated heterocycles. The van der Waals surface area contributed by atoms with Crippen LogP contribution in [0.3, 0.4) is 0 Å². The fourth-order valence-electron chi connectivity index (χ4n) is 1.83. The van der Waals surface area contributed by atoms with Gasteiger partial charge in [-0.3, -0.25) is 0 Å². The lowest BCUT2D eigenvalue weighted by molar-refractivity contribution is 0.153. The number of benzene rings is 1. The second-order valence-corrected chi connectivity index (χ2v) is 7.74. The molecule has 1 aromatic carbocycles. The van der Waals surface area contributed by atoms with E-state index in [-0.39, 0.29) is 16.9 Å². The lowest BCUT2D eigenvalue weighted by Gasteiger charge is -2.24. The molecule has 6 heteroatoms. The molecule has 0 fully saturated rings. The molecule has 0 bridgehead atoms. The van der Waals surface area contributed by atoms with E-state index in [2.05, 4.69) is 4.72 Å². The predicted octanol–water partition coefficient (Wildman–Crippen LogP) is 1.83. The lowest BCUT2D eigenvalue weighted by Crippen LogP contribution is -2.34. The van der Waals surface area contributed by atoms with E-state index in [1.165, 1.54) is 6.07 Å². The first-order valence-electron chi connectivity index (χ1n) is 6.91. The quantitative estimate of drug-likeness (QED) is 0.767. The Kier molecular flexibility index (Phi) is 6.34. The number of hydrogen-bond acceptors (Lipinski definition) is 4. The summed E-state index contributed by atoms with van der Waals surface area (Å²) in [4.78, 5) is 0.180. The van der Waals surface area contributed by atoms with Crippen molar-refractivity contribution in [1.29, 1.82) is 0 Å². The van der Waals surface area contributed by atoms with Gasteiger partial charge in [-0.2, -0.15) is 0 Å². The zero-order valence-corrected chi connectivity index (χ0v) is 14.0. The van der Waals surface area contributed by atoms with Crippen LogP contribution in [0.25, 0.3) is 0 Å². The third-order valence-corrected chi connectivity index (χ3v) is 4.92. The van der Waals surface area contributed by atoms with Gasteiger partial charge in [-0.25, -0.2) is 13.1 Å². The summed E-state index contributed by atoms with van der Waals surface area (Å²) in [6.07, 6.45) is 0.766. The number of aryl methyl sites for hydroxylation is 1. The highest BCUT2D eigenvalue weighted by Gasteiger charge is 2.22. The molecule has 0 atom stereocenters. The van der Waals surface area contributed by atoms with Crippen molar-refractivity contribution in [3.63, 3.8) is 0 Å². The Labute approximate surface area is 127 Å². The highest BCUT2D eigenvalue weighted by molar-refractivity contribution is 7.89. The van der Waals surface area contributed by atoms with Crippen molar-refractivity contribution in [2.24, 2.45) is 5.41 Å². The third kappa shape index (κ3) is 5.39. The number of methoxy groups -OCH3 is 1. The first-order valence-corrected chi connectivity index (χ1v) is 8.39. The standard InChI is InChI=1S/C15H25NO4S/c1-12-5-6-14(9-13(12)10-17)21(18,19)16-11-15(2,3)7-8-20-4/h5-6,9,16-17H,7-8,10-11H2,1-4H3. The molecule has 0 unspecified atom stereocenters. The maximum absolute atomic E-state index is 12.3. The molecule has 0 aliphatic carbocycles. The van der Waals surface area contributed by atoms with Gasteiger partial charge in [-0.05, 0) is 42.0 Å². The zero-order chi connectivity index (χ0) is 16.1. The second-order valence-electron chi connectivity index (χ2n) is 5.98. The SMILES string of the molecule is COCCC(C)(C)CNS(=O)(=O)c1ccc(C)c(CO)c1. The molecule has 21 heavy (non-hydrogen) atoms. The zero-order valence-electron chi connectivity index (χ0n) is 13.1. The molecule has 0 aliphatic rings. The van der Waals surface area contributed by atoms with Crippen LogP contribution in [-0.4, -0.2) is 33.8 Å². The van der Waals surface area contributed by atoms with Gasteiger partial charge in [-0.1, -0.05) is 19.9 Å². The molecular weight excluding hydrogens is 290 g/mol. The van der Waals surface area contributed by atoms with E-state index in [9.17, 15) is 13.5 Å². The number of hydrogen-bond donors (Lipinski definition) is 2. The number of rotatable bonds is 8. The lowest BCUT2D eigenvalue weighted by atomic mass is 9.90. The van der Waals surface area contributed by atoms with E-state index in [4.69, 9.17) is 4.74 Å². The van der Waals surface area contributed by atoms with Crippen molar-refractivity contribution in [3.8, 4) is 0 Å². The maximum atomic E-state index is 12.3. The molecule has 0 amide bonds. The Hall–Kier alpha value is -0.950. The average molecular weight is 315 g/mol. The Morgan fingerprint density at radius 2 is 2.00 bits per heavy atom. The van der Waals surface area contributed by atoms with E-state index < -0.39 is 10.0 Å². The molecule has 0 aliphatic heterocycles. The summed E-state index contributed by atoms with van der Waals surface area (Å²) in [6.45, 7) is 6.57. The molecule has 0 radical (unpaired) electrons. The van der Waals surface area contributed by atoms with E-state index in [1.54, 1.807) is 19.2 Å². The highest BCUT2D eigenvalue weighted by Crippen LogP contribution is 2.21. The summed E-state index contributed by atoms with van der Waals surface area (Å²) in [5.74, 6) is 0. The molecule has 0 saturated carbocycles. The van der Waals surface area contributed by atoms with Crippen LogP contribution in [0, 0.1) is 12.3 Å². The number of ether oxygens (including phenoxy) is 1. The van der Waals surface area contributed by atoms with Crippen LogP contribution in [0.5, 0.6) is 0 Å². The maximum Gasteiger partial charge on any atom is 0.240 e. The van der Waals surface area contributed by atoms with Gasteiger partial charge >= 0.3 is 0 Å². The van der Waals surface area contributed by atoms with Crippen molar-refractivity contribution in [1.82, 2.24) is 4.72 Å². The third-order valence-electron chi connectivity index (χ3n) is 3.52. The molecule has 120 valence electrons. The van der Waals surface area contributed by atoms with Crippen LogP contribution >= 0.6 is 0 Å². The molecule has 1 aromatic rings. The molecule has 0 spiro atoms. The topological polar surface area (TPSA) is 75.6 Å². The monoisotopic (exact) mass is 315 g/mol. The van der Waals surface area contributed by atoms with Gasteiger partial charge in [-0.15, -0.1) is 0 Å². The van der Waals surface area contributed by atoms with Gasteiger partial charge in [0.15, 0.2) is 0 Å². The minimum absolute atomic E-state index is 0.172. The highest BCUT2D eigenvalue weighted by atomic mass is 32.2. The van der Waals surface area contributed by atoms with Gasteiger partial charge in [0.05, 0.1) is 11.5 Å². The Balaban J connectivity index is 2.82. The molecular formula is C15H25NO4S. The van der Waals surface area contributed by atoms with Crippen LogP contribution in [0.2, 0.25) is 0 Å². The molecule has 0 aromatic heterocycles. The van der Waals surface area contributed by atoms with Gasteiger partial charge < -0.3 is 9.84 Å². The summed E-state index contributed by atoms with van der Waals surface area (Å²) in [5.41, 5.74) is 1.31. The van der Waals surface area contributed by atoms with Gasteiger partial charge in [0.1, 0.15) is 0 Å². The largest absolute Gasteiger partial charge is 0.392 e. The fraction of sp³-hybridized carbons (Fsp3) is 0.600. The Bertz CT molecular complexity index is 567. The van der Waals surface area contributed by atoms with Crippen LogP contribution in [0.4, 0.5) is 0 Å². The summed E-state index contributed by atoms with van der Waals surface area (Å²) < 4.78 is 32.3. The van der Waals surface area contributed by atoms with Crippen molar-refractivity contribution in [3.05, 3.63) is 29.3 Å². The molecule has 5 nitrogen and oxygen atoms in total. The Morgan fingerprint density at radius 1 is 1.33 bits per heavy atom. The Morgan fingerprint density at radius 3 is 2.57 bits per heavy atom. The first kappa shape index (κ1) is 18.1. The van der Waals surface area contributed by atoms with Crippen LogP contribution in [-0.2, 0) is 21.4 Å². The fourth-order valence-corrected chi connectivity index (χ4v) is 3.12. The van der Waals surface area contributed by atoms with Crippen LogP contribution in [0.1, 0.15) is 31.4 Å². The summed E-state index contributed by atoms with van der Waals surface area (Å²) in [6, 6.07) is 4.77. The van der Waals surface area contributed by atoms with E-state index in [0.29, 0.717) is 18.7 Å². The molecule has 0 heterocycles. The van der Waals surface area contributed by atoms with Gasteiger partial charge in [0.2, 0.25) is 10.0 Å². The van der Waals surface area contributed by atoms with Crippen LogP contribution in [0.15, 0.2) is 23.1 Å². The summed E-state index contributed by atoms with van der Waals surface area (Å²) in [7, 11) is -1.94. The minimum atomic E-state index is -3.57. The van der Waals surface area contributed by atoms with Gasteiger partial charge in [0, 0.05) is 20.3 Å². The van der Waals surface area contributed by atoms with E-state index in [1.807, 2.05) is 20.8 Å². The molecule has 2 N–H and O–H groups in total. The van der Waals surface area contributed by atoms with Crippen molar-refractivity contribution in [2.75, 3.05) is 20.3 Å². The van der Waals surface area contributed by atoms with E-state index >= 15 is 0 Å². The number of nitrogens with one attached hydrogen (secondary N) is 1. The second kappa shape index (κ2) is 7.35. The number of aliphatic hydroxyl groups is 1. The van der Waals surface area contributed by atoms with E-state index in [0.717, 1.165) is 12.0 Å². The molecule has 1 rings (SSSR count). The number of aliphatic hydroxyl groups excluding tert-OH is 1. The average Bonchev–Trinajstić information content (AvgIpc) is 2.44. The number of sulfonamides is 1. The predicted molar refractivity (Wildman–Crippen MR) is 82.6 cm³/mol. The first-order chi connectivity index (χ1) is 9.72. The van der Waals surface area contributed by atoms with Crippen molar-refractivity contribution < 1.29 is 18.3 Å². The van der Waals surface area contributed by atoms with Crippen molar-refractivity contribution in [2.45, 2.75) is 38.7 Å².